The molecule has 0 spiro atoms. The Balaban J connectivity index is 1.74. The molecule has 4 atom stereocenters. The van der Waals surface area contributed by atoms with Gasteiger partial charge in [-0.05, 0) is 42.9 Å². The Morgan fingerprint density at radius 1 is 0.947 bits per heavy atom. The Kier molecular flexibility index (Phi) is 4.11. The van der Waals surface area contributed by atoms with E-state index in [1.165, 1.54) is 57.8 Å². The van der Waals surface area contributed by atoms with Gasteiger partial charge in [-0.1, -0.05) is 38.5 Å². The van der Waals surface area contributed by atoms with Crippen LogP contribution < -0.4 is 0 Å². The molecule has 0 amide bonds. The number of carbonyl (C=O) groups is 1. The number of rotatable bonds is 3. The topological polar surface area (TPSA) is 46.5 Å². The Morgan fingerprint density at radius 3 is 2.00 bits per heavy atom. The number of ether oxygens (including phenoxy) is 1. The molecule has 19 heavy (non-hydrogen) atoms. The third-order valence-electron chi connectivity index (χ3n) is 5.78. The van der Waals surface area contributed by atoms with Gasteiger partial charge in [-0.15, -0.1) is 0 Å². The monoisotopic (exact) mass is 266 g/mol. The van der Waals surface area contributed by atoms with Crippen molar-refractivity contribution in [3.8, 4) is 0 Å². The molecule has 0 aliphatic heterocycles. The Bertz CT molecular complexity index is 306. The number of carboxylic acids is 1. The summed E-state index contributed by atoms with van der Waals surface area (Å²) in [6.45, 7) is -0.100. The summed E-state index contributed by atoms with van der Waals surface area (Å²) < 4.78 is 5.88. The van der Waals surface area contributed by atoms with Gasteiger partial charge in [0.1, 0.15) is 6.61 Å². The lowest BCUT2D eigenvalue weighted by Gasteiger charge is -2.50. The molecule has 3 nitrogen and oxygen atoms in total. The molecule has 108 valence electrons. The quantitative estimate of drug-likeness (QED) is 0.850. The molecule has 0 bridgehead atoms. The fourth-order valence-electron chi connectivity index (χ4n) is 5.04. The molecule has 3 aliphatic rings. The minimum absolute atomic E-state index is 0.100. The summed E-state index contributed by atoms with van der Waals surface area (Å²) in [6.07, 6.45) is 12.2. The normalized spacial score (nSPS) is 42.2. The van der Waals surface area contributed by atoms with E-state index < -0.39 is 5.97 Å². The van der Waals surface area contributed by atoms with Crippen molar-refractivity contribution in [2.75, 3.05) is 6.61 Å². The van der Waals surface area contributed by atoms with E-state index in [2.05, 4.69) is 0 Å². The number of fused-ring (bicyclic) bond motifs is 2. The second-order valence-corrected chi connectivity index (χ2v) is 6.82. The lowest BCUT2D eigenvalue weighted by Crippen LogP contribution is -2.48. The van der Waals surface area contributed by atoms with Crippen molar-refractivity contribution in [3.63, 3.8) is 0 Å². The van der Waals surface area contributed by atoms with Crippen LogP contribution in [0.1, 0.15) is 57.8 Å². The van der Waals surface area contributed by atoms with Crippen molar-refractivity contribution < 1.29 is 14.6 Å². The van der Waals surface area contributed by atoms with E-state index in [0.29, 0.717) is 11.8 Å². The maximum Gasteiger partial charge on any atom is 0.329 e. The van der Waals surface area contributed by atoms with Crippen LogP contribution in [0.4, 0.5) is 0 Å². The molecule has 3 fully saturated rings. The zero-order valence-corrected chi connectivity index (χ0v) is 11.7. The van der Waals surface area contributed by atoms with Crippen molar-refractivity contribution in [1.29, 1.82) is 0 Å². The van der Waals surface area contributed by atoms with E-state index in [-0.39, 0.29) is 12.7 Å². The summed E-state index contributed by atoms with van der Waals surface area (Å²) in [5.41, 5.74) is 0. The molecule has 3 saturated carbocycles. The molecular weight excluding hydrogens is 240 g/mol. The highest BCUT2D eigenvalue weighted by molar-refractivity contribution is 5.68. The fraction of sp³-hybridized carbons (Fsp3) is 0.938. The van der Waals surface area contributed by atoms with Crippen molar-refractivity contribution in [2.24, 2.45) is 23.7 Å². The molecule has 0 aromatic heterocycles. The second-order valence-electron chi connectivity index (χ2n) is 6.82. The molecule has 3 heteroatoms. The summed E-state index contributed by atoms with van der Waals surface area (Å²) in [6, 6.07) is 0. The molecule has 0 aromatic rings. The highest BCUT2D eigenvalue weighted by atomic mass is 16.5. The van der Waals surface area contributed by atoms with Gasteiger partial charge in [0, 0.05) is 0 Å². The van der Waals surface area contributed by atoms with E-state index >= 15 is 0 Å². The average Bonchev–Trinajstić information content (AvgIpc) is 2.43. The van der Waals surface area contributed by atoms with E-state index in [4.69, 9.17) is 9.84 Å². The third kappa shape index (κ3) is 2.81. The van der Waals surface area contributed by atoms with Crippen LogP contribution >= 0.6 is 0 Å². The number of aliphatic carboxylic acids is 1. The van der Waals surface area contributed by atoms with Gasteiger partial charge in [-0.2, -0.15) is 0 Å². The van der Waals surface area contributed by atoms with Gasteiger partial charge < -0.3 is 9.84 Å². The molecule has 0 radical (unpaired) electrons. The number of carboxylic acid groups (broad SMARTS) is 1. The highest BCUT2D eigenvalue weighted by Crippen LogP contribution is 2.51. The van der Waals surface area contributed by atoms with Crippen molar-refractivity contribution in [1.82, 2.24) is 0 Å². The summed E-state index contributed by atoms with van der Waals surface area (Å²) in [7, 11) is 0. The molecule has 0 saturated heterocycles. The smallest absolute Gasteiger partial charge is 0.329 e. The molecule has 3 rings (SSSR count). The van der Waals surface area contributed by atoms with E-state index in [9.17, 15) is 4.79 Å². The maximum absolute atomic E-state index is 10.8. The first-order valence-corrected chi connectivity index (χ1v) is 8.09. The third-order valence-corrected chi connectivity index (χ3v) is 5.78. The zero-order chi connectivity index (χ0) is 13.2. The Labute approximate surface area is 115 Å². The van der Waals surface area contributed by atoms with E-state index in [1.54, 1.807) is 0 Å². The molecule has 0 aromatic carbocycles. The Hall–Kier alpha value is -0.570. The van der Waals surface area contributed by atoms with Gasteiger partial charge in [0.15, 0.2) is 0 Å². The van der Waals surface area contributed by atoms with Crippen LogP contribution in [0, 0.1) is 23.7 Å². The standard InChI is InChI=1S/C16H26O3/c17-15(18)10-19-16-13-7-3-1-5-11(13)9-12-6-2-4-8-14(12)16/h11-14,16H,1-10H2,(H,17,18). The van der Waals surface area contributed by atoms with Crippen LogP contribution in [0.3, 0.4) is 0 Å². The first kappa shape index (κ1) is 13.4. The summed E-state index contributed by atoms with van der Waals surface area (Å²) in [5.74, 6) is 2.10. The van der Waals surface area contributed by atoms with Crippen molar-refractivity contribution >= 4 is 5.97 Å². The average molecular weight is 266 g/mol. The van der Waals surface area contributed by atoms with Gasteiger partial charge in [0.25, 0.3) is 0 Å². The van der Waals surface area contributed by atoms with E-state index in [1.807, 2.05) is 0 Å². The van der Waals surface area contributed by atoms with Crippen LogP contribution in [0.25, 0.3) is 0 Å². The van der Waals surface area contributed by atoms with E-state index in [0.717, 1.165) is 11.8 Å². The van der Waals surface area contributed by atoms with Crippen LogP contribution in [0.5, 0.6) is 0 Å². The van der Waals surface area contributed by atoms with Gasteiger partial charge in [0.05, 0.1) is 6.10 Å². The number of hydrogen-bond acceptors (Lipinski definition) is 2. The molecular formula is C16H26O3. The van der Waals surface area contributed by atoms with Crippen LogP contribution in [-0.4, -0.2) is 23.8 Å². The Morgan fingerprint density at radius 2 is 1.47 bits per heavy atom. The van der Waals surface area contributed by atoms with Crippen LogP contribution in [-0.2, 0) is 9.53 Å². The summed E-state index contributed by atoms with van der Waals surface area (Å²) >= 11 is 0. The highest BCUT2D eigenvalue weighted by Gasteiger charge is 2.46. The lowest BCUT2D eigenvalue weighted by molar-refractivity contribution is -0.156. The van der Waals surface area contributed by atoms with Crippen molar-refractivity contribution in [2.45, 2.75) is 63.9 Å². The first-order valence-electron chi connectivity index (χ1n) is 8.09. The summed E-state index contributed by atoms with van der Waals surface area (Å²) in [5, 5.41) is 8.91. The van der Waals surface area contributed by atoms with Crippen LogP contribution in [0.2, 0.25) is 0 Å². The fourth-order valence-corrected chi connectivity index (χ4v) is 5.04. The predicted octanol–water partition coefficient (Wildman–Crippen LogP) is 3.47. The van der Waals surface area contributed by atoms with Gasteiger partial charge in [-0.3, -0.25) is 0 Å². The predicted molar refractivity (Wildman–Crippen MR) is 72.9 cm³/mol. The molecule has 1 N–H and O–H groups in total. The second kappa shape index (κ2) is 5.82. The maximum atomic E-state index is 10.8. The van der Waals surface area contributed by atoms with Crippen LogP contribution in [0.15, 0.2) is 0 Å². The zero-order valence-electron chi connectivity index (χ0n) is 11.7. The summed E-state index contributed by atoms with van der Waals surface area (Å²) in [4.78, 5) is 10.8. The largest absolute Gasteiger partial charge is 0.480 e. The lowest BCUT2D eigenvalue weighted by atomic mass is 9.58. The van der Waals surface area contributed by atoms with Gasteiger partial charge in [-0.25, -0.2) is 4.79 Å². The first-order chi connectivity index (χ1) is 9.25. The van der Waals surface area contributed by atoms with Crippen molar-refractivity contribution in [3.05, 3.63) is 0 Å². The molecule has 0 heterocycles. The minimum Gasteiger partial charge on any atom is -0.480 e. The molecule has 4 unspecified atom stereocenters. The molecule has 3 aliphatic carbocycles. The number of hydrogen-bond donors (Lipinski definition) is 1. The van der Waals surface area contributed by atoms with Gasteiger partial charge >= 0.3 is 5.97 Å². The SMILES string of the molecule is O=C(O)COC1C2CCCCC2CC2CCCCC21. The van der Waals surface area contributed by atoms with Gasteiger partial charge in [0.2, 0.25) is 0 Å². The minimum atomic E-state index is -0.815.